The van der Waals surface area contributed by atoms with Crippen molar-refractivity contribution in [3.05, 3.63) is 90.5 Å². The van der Waals surface area contributed by atoms with Crippen LogP contribution in [0, 0.1) is 6.92 Å². The lowest BCUT2D eigenvalue weighted by Gasteiger charge is -2.27. The van der Waals surface area contributed by atoms with Crippen LogP contribution in [0.2, 0.25) is 0 Å². The van der Waals surface area contributed by atoms with Crippen molar-refractivity contribution in [2.45, 2.75) is 19.8 Å². The minimum atomic E-state index is -1.64. The Labute approximate surface area is 174 Å². The highest BCUT2D eigenvalue weighted by molar-refractivity contribution is 7.95. The molecule has 3 aromatic rings. The van der Waals surface area contributed by atoms with Gasteiger partial charge in [-0.1, -0.05) is 54.1 Å². The summed E-state index contributed by atoms with van der Waals surface area (Å²) in [4.78, 5) is 0. The normalized spacial score (nSPS) is 11.0. The first-order chi connectivity index (χ1) is 12.3. The largest absolute Gasteiger partial charge is 1.00 e. The molecule has 0 aliphatic heterocycles. The van der Waals surface area contributed by atoms with Gasteiger partial charge in [-0.05, 0) is 61.9 Å². The second kappa shape index (κ2) is 10.3. The van der Waals surface area contributed by atoms with Gasteiger partial charge in [0.15, 0.2) is 0 Å². The van der Waals surface area contributed by atoms with Gasteiger partial charge in [-0.3, -0.25) is 0 Å². The van der Waals surface area contributed by atoms with Crippen molar-refractivity contribution in [1.82, 2.24) is 0 Å². The first kappa shape index (κ1) is 21.2. The number of aryl methyl sites for hydroxylation is 1. The summed E-state index contributed by atoms with van der Waals surface area (Å²) < 4.78 is 0. The Morgan fingerprint density at radius 2 is 1.12 bits per heavy atom. The Bertz CT molecular complexity index is 733. The number of hydrogen-bond donors (Lipinski definition) is 1. The monoisotopic (exact) mass is 444 g/mol. The summed E-state index contributed by atoms with van der Waals surface area (Å²) in [7, 11) is -1.64. The summed E-state index contributed by atoms with van der Waals surface area (Å²) in [5, 5.41) is 4.43. The molecule has 0 aromatic heterocycles. The highest BCUT2D eigenvalue weighted by atomic mass is 79.9. The fraction of sp³-hybridized carbons (Fsp3) is 0.217. The molecule has 0 aliphatic rings. The first-order valence-electron chi connectivity index (χ1n) is 8.95. The fourth-order valence-corrected chi connectivity index (χ4v) is 8.07. The second-order valence-electron chi connectivity index (χ2n) is 6.47. The quantitative estimate of drug-likeness (QED) is 0.321. The smallest absolute Gasteiger partial charge is 0.112 e. The molecule has 0 unspecified atom stereocenters. The molecule has 136 valence electrons. The molecule has 0 saturated heterocycles. The van der Waals surface area contributed by atoms with Gasteiger partial charge < -0.3 is 17.0 Å². The average Bonchev–Trinajstić information content (AvgIpc) is 2.68. The van der Waals surface area contributed by atoms with Gasteiger partial charge in [-0.2, -0.15) is 12.6 Å². The molecule has 0 amide bonds. The van der Waals surface area contributed by atoms with E-state index in [1.165, 1.54) is 34.1 Å². The predicted molar refractivity (Wildman–Crippen MR) is 118 cm³/mol. The minimum absolute atomic E-state index is 0. The Morgan fingerprint density at radius 3 is 1.58 bits per heavy atom. The number of benzene rings is 3. The van der Waals surface area contributed by atoms with Crippen molar-refractivity contribution in [2.75, 3.05) is 11.9 Å². The summed E-state index contributed by atoms with van der Waals surface area (Å²) in [5.74, 6) is 0.956. The van der Waals surface area contributed by atoms with Crippen LogP contribution in [-0.2, 0) is 0 Å². The van der Waals surface area contributed by atoms with E-state index in [1.807, 2.05) is 0 Å². The number of rotatable bonds is 7. The molecule has 0 N–H and O–H groups in total. The number of unbranched alkanes of at least 4 members (excludes halogenated alkanes) is 1. The molecule has 0 atom stereocenters. The van der Waals surface area contributed by atoms with E-state index in [9.17, 15) is 0 Å². The van der Waals surface area contributed by atoms with E-state index >= 15 is 0 Å². The van der Waals surface area contributed by atoms with E-state index in [4.69, 9.17) is 0 Å². The average molecular weight is 445 g/mol. The Morgan fingerprint density at radius 1 is 0.654 bits per heavy atom. The zero-order valence-electron chi connectivity index (χ0n) is 15.2. The highest BCUT2D eigenvalue weighted by Gasteiger charge is 2.44. The van der Waals surface area contributed by atoms with Crippen molar-refractivity contribution < 1.29 is 17.0 Å². The minimum Gasteiger partial charge on any atom is -1.00 e. The maximum atomic E-state index is 4.44. The summed E-state index contributed by atoms with van der Waals surface area (Å²) in [6, 6.07) is 31.5. The molecular formula is C23H26BrPS. The third kappa shape index (κ3) is 4.60. The van der Waals surface area contributed by atoms with E-state index < -0.39 is 7.26 Å². The molecule has 0 heterocycles. The van der Waals surface area contributed by atoms with Crippen LogP contribution in [0.25, 0.3) is 0 Å². The zero-order chi connectivity index (χ0) is 17.5. The van der Waals surface area contributed by atoms with Gasteiger partial charge in [0.1, 0.15) is 23.2 Å². The molecule has 3 aromatic carbocycles. The molecule has 0 bridgehead atoms. The Kier molecular flexibility index (Phi) is 8.41. The molecule has 26 heavy (non-hydrogen) atoms. The second-order valence-corrected chi connectivity index (χ2v) is 10.5. The topological polar surface area (TPSA) is 0 Å². The van der Waals surface area contributed by atoms with Gasteiger partial charge in [0.2, 0.25) is 0 Å². The lowest BCUT2D eigenvalue weighted by Crippen LogP contribution is -3.00. The van der Waals surface area contributed by atoms with Crippen molar-refractivity contribution in [2.24, 2.45) is 0 Å². The SMILES string of the molecule is Cc1ccc([P+](CCCCS)(c2ccccc2)c2ccccc2)cc1.[Br-]. The van der Waals surface area contributed by atoms with Gasteiger partial charge in [0.05, 0.1) is 6.16 Å². The molecule has 0 radical (unpaired) electrons. The molecule has 0 spiro atoms. The maximum absolute atomic E-state index is 4.44. The molecular weight excluding hydrogens is 419 g/mol. The Hall–Kier alpha value is -1.08. The van der Waals surface area contributed by atoms with Crippen molar-refractivity contribution in [3.8, 4) is 0 Å². The molecule has 0 fully saturated rings. The van der Waals surface area contributed by atoms with Crippen LogP contribution in [0.1, 0.15) is 18.4 Å². The summed E-state index contributed by atoms with van der Waals surface area (Å²) in [5.41, 5.74) is 1.32. The lowest BCUT2D eigenvalue weighted by atomic mass is 10.2. The maximum Gasteiger partial charge on any atom is 0.112 e. The molecule has 0 nitrogen and oxygen atoms in total. The Balaban J connectivity index is 0.00000243. The van der Waals surface area contributed by atoms with Gasteiger partial charge in [0, 0.05) is 0 Å². The van der Waals surface area contributed by atoms with Gasteiger partial charge in [-0.25, -0.2) is 0 Å². The van der Waals surface area contributed by atoms with Crippen LogP contribution in [0.3, 0.4) is 0 Å². The van der Waals surface area contributed by atoms with Crippen LogP contribution in [0.15, 0.2) is 84.9 Å². The van der Waals surface area contributed by atoms with Crippen LogP contribution >= 0.6 is 19.9 Å². The van der Waals surface area contributed by atoms with E-state index in [1.54, 1.807) is 0 Å². The van der Waals surface area contributed by atoms with Gasteiger partial charge >= 0.3 is 0 Å². The van der Waals surface area contributed by atoms with Crippen LogP contribution in [0.4, 0.5) is 0 Å². The fourth-order valence-electron chi connectivity index (χ4n) is 3.46. The molecule has 0 aliphatic carbocycles. The summed E-state index contributed by atoms with van der Waals surface area (Å²) >= 11 is 4.44. The molecule has 0 saturated carbocycles. The van der Waals surface area contributed by atoms with Crippen molar-refractivity contribution in [1.29, 1.82) is 0 Å². The number of halogens is 1. The van der Waals surface area contributed by atoms with Gasteiger partial charge in [0.25, 0.3) is 0 Å². The van der Waals surface area contributed by atoms with Crippen LogP contribution < -0.4 is 32.9 Å². The van der Waals surface area contributed by atoms with Crippen molar-refractivity contribution in [3.63, 3.8) is 0 Å². The van der Waals surface area contributed by atoms with Crippen LogP contribution in [0.5, 0.6) is 0 Å². The van der Waals surface area contributed by atoms with E-state index in [0.29, 0.717) is 0 Å². The van der Waals surface area contributed by atoms with E-state index in [2.05, 4.69) is 104 Å². The predicted octanol–water partition coefficient (Wildman–Crippen LogP) is 2.00. The number of thiol groups is 1. The van der Waals surface area contributed by atoms with Gasteiger partial charge in [-0.15, -0.1) is 0 Å². The van der Waals surface area contributed by atoms with Crippen LogP contribution in [-0.4, -0.2) is 11.9 Å². The first-order valence-corrected chi connectivity index (χ1v) is 11.6. The third-order valence-corrected chi connectivity index (χ3v) is 9.61. The van der Waals surface area contributed by atoms with Crippen molar-refractivity contribution >= 4 is 35.8 Å². The summed E-state index contributed by atoms with van der Waals surface area (Å²) in [6.45, 7) is 2.16. The van der Waals surface area contributed by atoms with E-state index in [-0.39, 0.29) is 17.0 Å². The standard InChI is InChI=1S/C23H25PS.BrH/c1-20-14-16-23(17-15-20)24(18-8-9-19-25,21-10-4-2-5-11-21)22-12-6-3-7-13-22;/h2-7,10-17H,8-9,18-19H2,1H3;1H. The van der Waals surface area contributed by atoms with E-state index in [0.717, 1.165) is 12.2 Å². The zero-order valence-corrected chi connectivity index (χ0v) is 18.6. The molecule has 3 heteroatoms. The highest BCUT2D eigenvalue weighted by Crippen LogP contribution is 2.55. The number of hydrogen-bond acceptors (Lipinski definition) is 1. The third-order valence-electron chi connectivity index (χ3n) is 4.77. The summed E-state index contributed by atoms with van der Waals surface area (Å²) in [6.07, 6.45) is 3.57. The lowest BCUT2D eigenvalue weighted by molar-refractivity contribution is -0.00000489. The molecule has 3 rings (SSSR count).